The topological polar surface area (TPSA) is 63.8 Å². The lowest BCUT2D eigenvalue weighted by molar-refractivity contribution is 1.09. The Morgan fingerprint density at radius 3 is 3.09 bits per heavy atom. The molecule has 0 saturated carbocycles. The van der Waals surface area contributed by atoms with Gasteiger partial charge < -0.3 is 11.1 Å². The van der Waals surface area contributed by atoms with E-state index in [9.17, 15) is 0 Å². The standard InChI is InChI=1S/C6H7ClN4/c7-4-3-1-2-9-5(3)11-6(8)10-4/h1-2H2,(H3,8,9,10,11). The third kappa shape index (κ3) is 0.991. The number of hydrogen-bond donors (Lipinski definition) is 2. The van der Waals surface area contributed by atoms with Crippen molar-refractivity contribution in [1.29, 1.82) is 0 Å². The maximum absolute atomic E-state index is 5.80. The van der Waals surface area contributed by atoms with Crippen molar-refractivity contribution in [2.75, 3.05) is 17.6 Å². The molecule has 3 N–H and O–H groups in total. The molecule has 0 saturated heterocycles. The normalized spacial score (nSPS) is 14.3. The highest BCUT2D eigenvalue weighted by Crippen LogP contribution is 2.26. The summed E-state index contributed by atoms with van der Waals surface area (Å²) in [4.78, 5) is 7.82. The molecule has 0 radical (unpaired) electrons. The molecule has 1 aliphatic rings. The Morgan fingerprint density at radius 2 is 2.27 bits per heavy atom. The predicted molar refractivity (Wildman–Crippen MR) is 43.6 cm³/mol. The van der Waals surface area contributed by atoms with Crippen molar-refractivity contribution in [2.45, 2.75) is 6.42 Å². The van der Waals surface area contributed by atoms with Gasteiger partial charge in [0.15, 0.2) is 0 Å². The number of rotatable bonds is 0. The van der Waals surface area contributed by atoms with Crippen molar-refractivity contribution < 1.29 is 0 Å². The molecule has 11 heavy (non-hydrogen) atoms. The highest BCUT2D eigenvalue weighted by molar-refractivity contribution is 6.30. The summed E-state index contributed by atoms with van der Waals surface area (Å²) in [6, 6.07) is 0. The van der Waals surface area contributed by atoms with E-state index in [2.05, 4.69) is 15.3 Å². The first kappa shape index (κ1) is 6.67. The Labute approximate surface area is 68.8 Å². The van der Waals surface area contributed by atoms with Crippen molar-refractivity contribution >= 4 is 23.4 Å². The Morgan fingerprint density at radius 1 is 1.45 bits per heavy atom. The van der Waals surface area contributed by atoms with Gasteiger partial charge in [-0.25, -0.2) is 4.98 Å². The number of aromatic nitrogens is 2. The number of nitrogen functional groups attached to an aromatic ring is 1. The van der Waals surface area contributed by atoms with Gasteiger partial charge in [-0.3, -0.25) is 0 Å². The number of halogens is 1. The van der Waals surface area contributed by atoms with Crippen LogP contribution in [0.2, 0.25) is 5.15 Å². The molecule has 1 aromatic rings. The lowest BCUT2D eigenvalue weighted by atomic mass is 10.3. The van der Waals surface area contributed by atoms with Crippen LogP contribution in [0.4, 0.5) is 11.8 Å². The SMILES string of the molecule is Nc1nc(Cl)c2c(n1)NCC2. The van der Waals surface area contributed by atoms with Crippen molar-refractivity contribution in [3.8, 4) is 0 Å². The zero-order valence-electron chi connectivity index (χ0n) is 5.76. The fourth-order valence-corrected chi connectivity index (χ4v) is 1.42. The van der Waals surface area contributed by atoms with Crippen LogP contribution in [0.5, 0.6) is 0 Å². The molecule has 0 unspecified atom stereocenters. The lowest BCUT2D eigenvalue weighted by Crippen LogP contribution is -1.99. The largest absolute Gasteiger partial charge is 0.369 e. The summed E-state index contributed by atoms with van der Waals surface area (Å²) in [5, 5.41) is 3.54. The molecule has 2 rings (SSSR count). The van der Waals surface area contributed by atoms with Crippen molar-refractivity contribution in [2.24, 2.45) is 0 Å². The molecular formula is C6H7ClN4. The molecule has 0 fully saturated rings. The number of nitrogens with one attached hydrogen (secondary N) is 1. The van der Waals surface area contributed by atoms with Crippen LogP contribution in [0, 0.1) is 0 Å². The monoisotopic (exact) mass is 170 g/mol. The minimum atomic E-state index is 0.225. The van der Waals surface area contributed by atoms with Gasteiger partial charge >= 0.3 is 0 Å². The van der Waals surface area contributed by atoms with E-state index in [4.69, 9.17) is 17.3 Å². The summed E-state index contributed by atoms with van der Waals surface area (Å²) in [5.74, 6) is 1.01. The van der Waals surface area contributed by atoms with Crippen LogP contribution in [0.1, 0.15) is 5.56 Å². The van der Waals surface area contributed by atoms with E-state index in [0.717, 1.165) is 24.3 Å². The van der Waals surface area contributed by atoms with Gasteiger partial charge in [0.25, 0.3) is 0 Å². The van der Waals surface area contributed by atoms with Crippen LogP contribution in [0.3, 0.4) is 0 Å². The molecule has 0 aliphatic carbocycles. The summed E-state index contributed by atoms with van der Waals surface area (Å²) in [7, 11) is 0. The van der Waals surface area contributed by atoms with E-state index >= 15 is 0 Å². The van der Waals surface area contributed by atoms with Crippen molar-refractivity contribution in [1.82, 2.24) is 9.97 Å². The lowest BCUT2D eigenvalue weighted by Gasteiger charge is -2.00. The third-order valence-corrected chi connectivity index (χ3v) is 1.95. The summed E-state index contributed by atoms with van der Waals surface area (Å²) in [6.07, 6.45) is 0.883. The molecule has 4 nitrogen and oxygen atoms in total. The van der Waals surface area contributed by atoms with Gasteiger partial charge in [0.1, 0.15) is 11.0 Å². The summed E-state index contributed by atoms with van der Waals surface area (Å²) < 4.78 is 0. The number of nitrogens with zero attached hydrogens (tertiary/aromatic N) is 2. The summed E-state index contributed by atoms with van der Waals surface area (Å²) in [5.41, 5.74) is 6.36. The Balaban J connectivity index is 2.60. The van der Waals surface area contributed by atoms with Crippen molar-refractivity contribution in [3.63, 3.8) is 0 Å². The highest BCUT2D eigenvalue weighted by atomic mass is 35.5. The number of nitrogens with two attached hydrogens (primary N) is 1. The second kappa shape index (κ2) is 2.23. The van der Waals surface area contributed by atoms with Crippen LogP contribution >= 0.6 is 11.6 Å². The Hall–Kier alpha value is -1.03. The zero-order valence-corrected chi connectivity index (χ0v) is 6.52. The van der Waals surface area contributed by atoms with E-state index in [1.807, 2.05) is 0 Å². The number of anilines is 2. The van der Waals surface area contributed by atoms with Gasteiger partial charge in [-0.1, -0.05) is 11.6 Å². The average Bonchev–Trinajstić information content (AvgIpc) is 2.34. The van der Waals surface area contributed by atoms with Gasteiger partial charge in [-0.15, -0.1) is 0 Å². The smallest absolute Gasteiger partial charge is 0.223 e. The highest BCUT2D eigenvalue weighted by Gasteiger charge is 2.16. The Bertz CT molecular complexity index is 299. The summed E-state index contributed by atoms with van der Waals surface area (Å²) in [6.45, 7) is 0.868. The molecule has 1 aliphatic heterocycles. The molecule has 0 spiro atoms. The van der Waals surface area contributed by atoms with Crippen LogP contribution < -0.4 is 11.1 Å². The quantitative estimate of drug-likeness (QED) is 0.562. The van der Waals surface area contributed by atoms with Gasteiger partial charge in [-0.2, -0.15) is 4.98 Å². The van der Waals surface area contributed by atoms with E-state index in [1.54, 1.807) is 0 Å². The molecule has 0 atom stereocenters. The molecule has 0 aromatic carbocycles. The van der Waals surface area contributed by atoms with E-state index < -0.39 is 0 Å². The van der Waals surface area contributed by atoms with E-state index in [1.165, 1.54) is 0 Å². The molecule has 0 amide bonds. The second-order valence-corrected chi connectivity index (χ2v) is 2.73. The van der Waals surface area contributed by atoms with Gasteiger partial charge in [-0.05, 0) is 6.42 Å². The minimum absolute atomic E-state index is 0.225. The average molecular weight is 171 g/mol. The summed E-state index contributed by atoms with van der Waals surface area (Å²) >= 11 is 5.80. The fourth-order valence-electron chi connectivity index (χ4n) is 1.15. The minimum Gasteiger partial charge on any atom is -0.369 e. The molecule has 58 valence electrons. The first-order chi connectivity index (χ1) is 5.27. The zero-order chi connectivity index (χ0) is 7.84. The fraction of sp³-hybridized carbons (Fsp3) is 0.333. The van der Waals surface area contributed by atoms with Crippen LogP contribution in [-0.4, -0.2) is 16.5 Å². The Kier molecular flexibility index (Phi) is 1.35. The van der Waals surface area contributed by atoms with E-state index in [-0.39, 0.29) is 5.95 Å². The van der Waals surface area contributed by atoms with E-state index in [0.29, 0.717) is 5.15 Å². The van der Waals surface area contributed by atoms with Gasteiger partial charge in [0.2, 0.25) is 5.95 Å². The molecular weight excluding hydrogens is 164 g/mol. The van der Waals surface area contributed by atoms with Gasteiger partial charge in [0, 0.05) is 12.1 Å². The number of hydrogen-bond acceptors (Lipinski definition) is 4. The molecule has 5 heteroatoms. The first-order valence-electron chi connectivity index (χ1n) is 3.33. The second-order valence-electron chi connectivity index (χ2n) is 2.38. The van der Waals surface area contributed by atoms with Crippen molar-refractivity contribution in [3.05, 3.63) is 10.7 Å². The molecule has 1 aromatic heterocycles. The predicted octanol–water partition coefficient (Wildman–Crippen LogP) is 0.680. The maximum atomic E-state index is 5.80. The van der Waals surface area contributed by atoms with Crippen LogP contribution in [0.15, 0.2) is 0 Å². The van der Waals surface area contributed by atoms with Crippen LogP contribution in [0.25, 0.3) is 0 Å². The third-order valence-electron chi connectivity index (χ3n) is 1.64. The number of fused-ring (bicyclic) bond motifs is 1. The molecule has 0 bridgehead atoms. The maximum Gasteiger partial charge on any atom is 0.223 e. The first-order valence-corrected chi connectivity index (χ1v) is 3.71. The molecule has 2 heterocycles. The van der Waals surface area contributed by atoms with Crippen LogP contribution in [-0.2, 0) is 6.42 Å². The van der Waals surface area contributed by atoms with Gasteiger partial charge in [0.05, 0.1) is 0 Å².